The van der Waals surface area contributed by atoms with E-state index < -0.39 is 10.0 Å². The molecule has 0 amide bonds. The minimum absolute atomic E-state index is 0.473. The van der Waals surface area contributed by atoms with E-state index in [1.165, 1.54) is 44.9 Å². The first-order chi connectivity index (χ1) is 11.8. The zero-order valence-corrected chi connectivity index (χ0v) is 17.7. The number of nitrogens with one attached hydrogen (secondary N) is 1. The molecule has 3 nitrogen and oxygen atoms in total. The van der Waals surface area contributed by atoms with Gasteiger partial charge in [-0.25, -0.2) is 13.1 Å². The highest BCUT2D eigenvalue weighted by molar-refractivity contribution is 7.89. The fourth-order valence-electron chi connectivity index (χ4n) is 3.30. The van der Waals surface area contributed by atoms with E-state index in [4.69, 9.17) is 0 Å². The van der Waals surface area contributed by atoms with Crippen LogP contribution in [0.1, 0.15) is 87.0 Å². The molecule has 0 heterocycles. The number of unbranched alkanes of at least 4 members (excludes halogenated alkanes) is 8. The van der Waals surface area contributed by atoms with Gasteiger partial charge in [0.1, 0.15) is 0 Å². The summed E-state index contributed by atoms with van der Waals surface area (Å²) < 4.78 is 28.2. The standard InChI is InChI=1S/C21H37NO2S/c1-6-7-8-9-10-11-12-13-14-15-22-25(23,24)21-19(4)17(2)16-18(3)20(21)5/h16,22H,6-15H2,1-5H3. The molecule has 25 heavy (non-hydrogen) atoms. The predicted octanol–water partition coefficient (Wildman–Crippen LogP) is 5.73. The highest BCUT2D eigenvalue weighted by atomic mass is 32.2. The fraction of sp³-hybridized carbons (Fsp3) is 0.714. The molecule has 1 N–H and O–H groups in total. The molecule has 0 bridgehead atoms. The summed E-state index contributed by atoms with van der Waals surface area (Å²) in [5.41, 5.74) is 3.79. The van der Waals surface area contributed by atoms with Crippen LogP contribution in [0.15, 0.2) is 11.0 Å². The second kappa shape index (κ2) is 11.0. The van der Waals surface area contributed by atoms with E-state index in [-0.39, 0.29) is 0 Å². The summed E-state index contributed by atoms with van der Waals surface area (Å²) in [6.45, 7) is 10.5. The molecule has 0 aliphatic rings. The van der Waals surface area contributed by atoms with Crippen molar-refractivity contribution in [3.05, 3.63) is 28.3 Å². The van der Waals surface area contributed by atoms with Gasteiger partial charge in [-0.1, -0.05) is 64.4 Å². The van der Waals surface area contributed by atoms with E-state index in [0.29, 0.717) is 11.4 Å². The number of rotatable bonds is 12. The van der Waals surface area contributed by atoms with Crippen molar-refractivity contribution in [1.82, 2.24) is 4.72 Å². The maximum Gasteiger partial charge on any atom is 0.241 e. The van der Waals surface area contributed by atoms with Gasteiger partial charge in [0.2, 0.25) is 10.0 Å². The Morgan fingerprint density at radius 1 is 0.760 bits per heavy atom. The molecule has 0 spiro atoms. The van der Waals surface area contributed by atoms with E-state index >= 15 is 0 Å². The van der Waals surface area contributed by atoms with E-state index in [0.717, 1.165) is 35.1 Å². The van der Waals surface area contributed by atoms with Gasteiger partial charge in [0.05, 0.1) is 4.90 Å². The van der Waals surface area contributed by atoms with Crippen LogP contribution in [0.5, 0.6) is 0 Å². The van der Waals surface area contributed by atoms with Gasteiger partial charge in [-0.15, -0.1) is 0 Å². The Bertz CT molecular complexity index is 610. The minimum Gasteiger partial charge on any atom is -0.211 e. The lowest BCUT2D eigenvalue weighted by molar-refractivity contribution is 0.553. The first kappa shape index (κ1) is 22.2. The topological polar surface area (TPSA) is 46.2 Å². The Hall–Kier alpha value is -0.870. The summed E-state index contributed by atoms with van der Waals surface area (Å²) in [5, 5.41) is 0. The number of hydrogen-bond donors (Lipinski definition) is 1. The van der Waals surface area contributed by atoms with E-state index in [2.05, 4.69) is 17.7 Å². The van der Waals surface area contributed by atoms with Crippen LogP contribution in [0.25, 0.3) is 0 Å². The molecule has 0 aliphatic carbocycles. The smallest absolute Gasteiger partial charge is 0.211 e. The molecule has 0 saturated heterocycles. The van der Waals surface area contributed by atoms with Crippen LogP contribution in [0, 0.1) is 27.7 Å². The molecule has 1 aromatic carbocycles. The molecule has 0 aliphatic heterocycles. The molecular weight excluding hydrogens is 330 g/mol. The molecule has 1 aromatic rings. The molecule has 0 atom stereocenters. The van der Waals surface area contributed by atoms with Gasteiger partial charge in [0.25, 0.3) is 0 Å². The van der Waals surface area contributed by atoms with Crippen LogP contribution < -0.4 is 4.72 Å². The minimum atomic E-state index is -3.42. The molecular formula is C21H37NO2S. The van der Waals surface area contributed by atoms with Crippen molar-refractivity contribution < 1.29 is 8.42 Å². The lowest BCUT2D eigenvalue weighted by atomic mass is 10.0. The third-order valence-corrected chi connectivity index (χ3v) is 6.87. The number of benzene rings is 1. The molecule has 0 aromatic heterocycles. The lowest BCUT2D eigenvalue weighted by Crippen LogP contribution is -2.26. The first-order valence-corrected chi connectivity index (χ1v) is 11.4. The van der Waals surface area contributed by atoms with Gasteiger partial charge in [-0.05, 0) is 56.4 Å². The summed E-state index contributed by atoms with van der Waals surface area (Å²) in [7, 11) is -3.42. The van der Waals surface area contributed by atoms with Crippen molar-refractivity contribution in [3.63, 3.8) is 0 Å². The van der Waals surface area contributed by atoms with E-state index in [1.807, 2.05) is 27.7 Å². The highest BCUT2D eigenvalue weighted by Gasteiger charge is 2.21. The van der Waals surface area contributed by atoms with Crippen molar-refractivity contribution in [2.24, 2.45) is 0 Å². The number of sulfonamides is 1. The molecule has 144 valence electrons. The zero-order chi connectivity index (χ0) is 18.9. The Morgan fingerprint density at radius 3 is 1.68 bits per heavy atom. The Balaban J connectivity index is 2.40. The number of aryl methyl sites for hydroxylation is 2. The highest BCUT2D eigenvalue weighted by Crippen LogP contribution is 2.25. The van der Waals surface area contributed by atoms with E-state index in [9.17, 15) is 8.42 Å². The molecule has 0 fully saturated rings. The van der Waals surface area contributed by atoms with Crippen molar-refractivity contribution in [2.45, 2.75) is 97.3 Å². The maximum atomic E-state index is 12.7. The normalized spacial score (nSPS) is 11.9. The van der Waals surface area contributed by atoms with Gasteiger partial charge < -0.3 is 0 Å². The van der Waals surface area contributed by atoms with Gasteiger partial charge >= 0.3 is 0 Å². The molecule has 4 heteroatoms. The monoisotopic (exact) mass is 367 g/mol. The van der Waals surface area contributed by atoms with Gasteiger partial charge in [-0.3, -0.25) is 0 Å². The van der Waals surface area contributed by atoms with Crippen LogP contribution in [0.2, 0.25) is 0 Å². The summed E-state index contributed by atoms with van der Waals surface area (Å²) in [5.74, 6) is 0. The van der Waals surface area contributed by atoms with Crippen molar-refractivity contribution in [3.8, 4) is 0 Å². The SMILES string of the molecule is CCCCCCCCCCCNS(=O)(=O)c1c(C)c(C)cc(C)c1C. The summed E-state index contributed by atoms with van der Waals surface area (Å²) in [6.07, 6.45) is 11.1. The average molecular weight is 368 g/mol. The van der Waals surface area contributed by atoms with Crippen LogP contribution in [0.3, 0.4) is 0 Å². The van der Waals surface area contributed by atoms with Gasteiger partial charge in [0.15, 0.2) is 0 Å². The molecule has 0 saturated carbocycles. The third kappa shape index (κ3) is 7.10. The molecule has 1 rings (SSSR count). The first-order valence-electron chi connectivity index (χ1n) is 9.88. The summed E-state index contributed by atoms with van der Waals surface area (Å²) >= 11 is 0. The largest absolute Gasteiger partial charge is 0.241 e. The Morgan fingerprint density at radius 2 is 1.20 bits per heavy atom. The van der Waals surface area contributed by atoms with Crippen LogP contribution in [0.4, 0.5) is 0 Å². The van der Waals surface area contributed by atoms with Crippen LogP contribution >= 0.6 is 0 Å². The van der Waals surface area contributed by atoms with E-state index in [1.54, 1.807) is 0 Å². The Kier molecular flexibility index (Phi) is 9.73. The predicted molar refractivity (Wildman–Crippen MR) is 108 cm³/mol. The van der Waals surface area contributed by atoms with Crippen molar-refractivity contribution in [1.29, 1.82) is 0 Å². The van der Waals surface area contributed by atoms with Crippen LogP contribution in [-0.4, -0.2) is 15.0 Å². The zero-order valence-electron chi connectivity index (χ0n) is 16.9. The lowest BCUT2D eigenvalue weighted by Gasteiger charge is -2.16. The van der Waals surface area contributed by atoms with Gasteiger partial charge in [0, 0.05) is 6.54 Å². The fourth-order valence-corrected chi connectivity index (χ4v) is 4.98. The second-order valence-electron chi connectivity index (χ2n) is 7.32. The maximum absolute atomic E-state index is 12.7. The quantitative estimate of drug-likeness (QED) is 0.480. The average Bonchev–Trinajstić information content (AvgIpc) is 2.54. The van der Waals surface area contributed by atoms with Gasteiger partial charge in [-0.2, -0.15) is 0 Å². The molecule has 0 radical (unpaired) electrons. The molecule has 0 unspecified atom stereocenters. The number of hydrogen-bond acceptors (Lipinski definition) is 2. The third-order valence-electron chi connectivity index (χ3n) is 5.14. The van der Waals surface area contributed by atoms with Crippen LogP contribution in [-0.2, 0) is 10.0 Å². The summed E-state index contributed by atoms with van der Waals surface area (Å²) in [4.78, 5) is 0.473. The van der Waals surface area contributed by atoms with Crippen molar-refractivity contribution >= 4 is 10.0 Å². The second-order valence-corrected chi connectivity index (χ2v) is 9.02. The Labute approximate surface area is 155 Å². The van der Waals surface area contributed by atoms with Crippen molar-refractivity contribution in [2.75, 3.05) is 6.54 Å². The summed E-state index contributed by atoms with van der Waals surface area (Å²) in [6, 6.07) is 2.06.